The summed E-state index contributed by atoms with van der Waals surface area (Å²) in [6.07, 6.45) is -8.32. The molecule has 3 aromatic rings. The molecule has 0 bridgehead atoms. The fourth-order valence-corrected chi connectivity index (χ4v) is 5.78. The lowest BCUT2D eigenvalue weighted by Crippen LogP contribution is -2.54. The number of aromatic nitrogens is 2. The van der Waals surface area contributed by atoms with E-state index in [0.29, 0.717) is 34.3 Å². The second-order valence-corrected chi connectivity index (χ2v) is 11.9. The molecule has 1 aromatic heterocycles. The number of carbonyl (C=O) groups is 3. The predicted molar refractivity (Wildman–Crippen MR) is 147 cm³/mol. The fourth-order valence-electron chi connectivity index (χ4n) is 4.93. The van der Waals surface area contributed by atoms with E-state index in [1.165, 1.54) is 23.0 Å². The molecule has 1 atom stereocenters. The van der Waals surface area contributed by atoms with Crippen LogP contribution in [0.2, 0.25) is 0 Å². The van der Waals surface area contributed by atoms with Gasteiger partial charge in [-0.05, 0) is 80.9 Å². The van der Waals surface area contributed by atoms with Crippen molar-refractivity contribution in [1.82, 2.24) is 19.6 Å². The molecule has 4 rings (SSSR count). The number of halogens is 6. The SMILES string of the molecule is C[C@@H](CN1C(=O)SC(=Cc2ccc3c(cnn3Cc3ccc(C(F)(F)F)cc3C(F)(F)F)c2)C1=O)N(C(=O)O)C(C)(C)C. The smallest absolute Gasteiger partial charge is 0.416 e. The highest BCUT2D eigenvalue weighted by Crippen LogP contribution is 2.38. The number of fused-ring (bicyclic) bond motifs is 1. The van der Waals surface area contributed by atoms with Crippen molar-refractivity contribution in [3.8, 4) is 0 Å². The Hall–Kier alpha value is -4.01. The number of benzene rings is 2. The molecule has 15 heteroatoms. The van der Waals surface area contributed by atoms with Crippen LogP contribution in [0.5, 0.6) is 0 Å². The number of amides is 3. The minimum absolute atomic E-state index is 0.0786. The van der Waals surface area contributed by atoms with E-state index in [9.17, 15) is 45.8 Å². The normalized spacial score (nSPS) is 16.4. The number of carbonyl (C=O) groups excluding carboxylic acids is 2. The van der Waals surface area contributed by atoms with Gasteiger partial charge in [-0.15, -0.1) is 0 Å². The maximum absolute atomic E-state index is 13.6. The largest absolute Gasteiger partial charge is 0.465 e. The van der Waals surface area contributed by atoms with Crippen LogP contribution in [0.15, 0.2) is 47.5 Å². The van der Waals surface area contributed by atoms with E-state index in [4.69, 9.17) is 0 Å². The van der Waals surface area contributed by atoms with Crippen molar-refractivity contribution >= 4 is 46.0 Å². The molecule has 0 saturated carbocycles. The lowest BCUT2D eigenvalue weighted by Gasteiger charge is -2.38. The minimum Gasteiger partial charge on any atom is -0.465 e. The molecule has 0 radical (unpaired) electrons. The highest BCUT2D eigenvalue weighted by atomic mass is 32.2. The second-order valence-electron chi connectivity index (χ2n) is 11.0. The highest BCUT2D eigenvalue weighted by molar-refractivity contribution is 8.18. The van der Waals surface area contributed by atoms with Gasteiger partial charge in [0.05, 0.1) is 46.9 Å². The molecule has 0 spiro atoms. The number of imide groups is 1. The molecule has 1 fully saturated rings. The summed E-state index contributed by atoms with van der Waals surface area (Å²) in [6.45, 7) is 6.09. The molecule has 0 unspecified atom stereocenters. The summed E-state index contributed by atoms with van der Waals surface area (Å²) in [6, 6.07) is 5.45. The van der Waals surface area contributed by atoms with E-state index in [2.05, 4.69) is 5.10 Å². The molecule has 2 aromatic carbocycles. The zero-order valence-corrected chi connectivity index (χ0v) is 24.1. The fraction of sp³-hybridized carbons (Fsp3) is 0.357. The van der Waals surface area contributed by atoms with Gasteiger partial charge in [0, 0.05) is 10.9 Å². The Morgan fingerprint density at radius 2 is 1.72 bits per heavy atom. The summed E-state index contributed by atoms with van der Waals surface area (Å²) in [4.78, 5) is 39.7. The van der Waals surface area contributed by atoms with E-state index in [1.54, 1.807) is 39.8 Å². The predicted octanol–water partition coefficient (Wildman–Crippen LogP) is 7.33. The van der Waals surface area contributed by atoms with Crippen LogP contribution < -0.4 is 0 Å². The molecular formula is C28H26F6N4O4S. The van der Waals surface area contributed by atoms with Gasteiger partial charge in [0.25, 0.3) is 11.1 Å². The Morgan fingerprint density at radius 1 is 1.05 bits per heavy atom. The van der Waals surface area contributed by atoms with E-state index in [1.807, 2.05) is 0 Å². The van der Waals surface area contributed by atoms with E-state index in [-0.39, 0.29) is 17.5 Å². The van der Waals surface area contributed by atoms with Crippen LogP contribution >= 0.6 is 11.8 Å². The van der Waals surface area contributed by atoms with Crippen LogP contribution in [0.4, 0.5) is 35.9 Å². The summed E-state index contributed by atoms with van der Waals surface area (Å²) in [5.74, 6) is -0.598. The van der Waals surface area contributed by atoms with Gasteiger partial charge in [-0.25, -0.2) is 4.79 Å². The van der Waals surface area contributed by atoms with Gasteiger partial charge in [0.2, 0.25) is 0 Å². The zero-order chi connectivity index (χ0) is 32.1. The number of rotatable bonds is 6. The van der Waals surface area contributed by atoms with Crippen molar-refractivity contribution in [2.75, 3.05) is 6.54 Å². The first kappa shape index (κ1) is 31.9. The Balaban J connectivity index is 1.57. The van der Waals surface area contributed by atoms with Crippen molar-refractivity contribution in [3.05, 3.63) is 69.8 Å². The van der Waals surface area contributed by atoms with E-state index < -0.39 is 64.4 Å². The van der Waals surface area contributed by atoms with Gasteiger partial charge < -0.3 is 5.11 Å². The molecule has 1 aliphatic heterocycles. The first-order chi connectivity index (χ1) is 19.8. The minimum atomic E-state index is -5.02. The maximum Gasteiger partial charge on any atom is 0.416 e. The van der Waals surface area contributed by atoms with Gasteiger partial charge in [-0.2, -0.15) is 31.4 Å². The van der Waals surface area contributed by atoms with Crippen LogP contribution in [0, 0.1) is 0 Å². The van der Waals surface area contributed by atoms with Gasteiger partial charge in [0.15, 0.2) is 0 Å². The topological polar surface area (TPSA) is 95.7 Å². The quantitative estimate of drug-likeness (QED) is 0.227. The summed E-state index contributed by atoms with van der Waals surface area (Å²) in [5, 5.41) is 13.6. The van der Waals surface area contributed by atoms with Crippen LogP contribution in [-0.4, -0.2) is 60.1 Å². The van der Waals surface area contributed by atoms with Gasteiger partial charge >= 0.3 is 18.4 Å². The molecule has 1 aliphatic rings. The van der Waals surface area contributed by atoms with Crippen molar-refractivity contribution in [2.45, 2.75) is 58.2 Å². The van der Waals surface area contributed by atoms with Crippen molar-refractivity contribution in [3.63, 3.8) is 0 Å². The third kappa shape index (κ3) is 6.81. The Labute approximate surface area is 245 Å². The number of thioether (sulfide) groups is 1. The summed E-state index contributed by atoms with van der Waals surface area (Å²) in [7, 11) is 0. The second kappa shape index (κ2) is 11.2. The average molecular weight is 629 g/mol. The van der Waals surface area contributed by atoms with E-state index in [0.717, 1.165) is 15.9 Å². The van der Waals surface area contributed by atoms with Gasteiger partial charge in [-0.3, -0.25) is 24.1 Å². The lowest BCUT2D eigenvalue weighted by molar-refractivity contribution is -0.143. The number of hydrogen-bond acceptors (Lipinski definition) is 5. The Bertz CT molecular complexity index is 1620. The molecule has 43 heavy (non-hydrogen) atoms. The first-order valence-electron chi connectivity index (χ1n) is 12.8. The molecule has 230 valence electrons. The molecular weight excluding hydrogens is 602 g/mol. The third-order valence-electron chi connectivity index (χ3n) is 6.72. The monoisotopic (exact) mass is 628 g/mol. The molecule has 3 amide bonds. The highest BCUT2D eigenvalue weighted by Gasteiger charge is 2.40. The van der Waals surface area contributed by atoms with Crippen LogP contribution in [0.1, 0.15) is 49.9 Å². The van der Waals surface area contributed by atoms with Crippen molar-refractivity contribution in [2.24, 2.45) is 0 Å². The third-order valence-corrected chi connectivity index (χ3v) is 7.62. The average Bonchev–Trinajstić information content (AvgIpc) is 3.37. The lowest BCUT2D eigenvalue weighted by atomic mass is 10.0. The zero-order valence-electron chi connectivity index (χ0n) is 23.2. The number of nitrogens with zero attached hydrogens (tertiary/aromatic N) is 4. The number of hydrogen-bond donors (Lipinski definition) is 1. The number of carboxylic acid groups (broad SMARTS) is 1. The Kier molecular flexibility index (Phi) is 8.35. The molecule has 2 heterocycles. The molecule has 1 saturated heterocycles. The van der Waals surface area contributed by atoms with Crippen molar-refractivity contribution < 1.29 is 45.8 Å². The number of alkyl halides is 6. The molecule has 1 N–H and O–H groups in total. The van der Waals surface area contributed by atoms with Crippen LogP contribution in [0.3, 0.4) is 0 Å². The van der Waals surface area contributed by atoms with E-state index >= 15 is 0 Å². The first-order valence-corrected chi connectivity index (χ1v) is 13.6. The van der Waals surface area contributed by atoms with Gasteiger partial charge in [0.1, 0.15) is 0 Å². The Morgan fingerprint density at radius 3 is 2.30 bits per heavy atom. The molecule has 8 nitrogen and oxygen atoms in total. The summed E-state index contributed by atoms with van der Waals surface area (Å²) >= 11 is 0.690. The summed E-state index contributed by atoms with van der Waals surface area (Å²) in [5.41, 5.74) is -3.12. The van der Waals surface area contributed by atoms with Crippen LogP contribution in [0.25, 0.3) is 17.0 Å². The van der Waals surface area contributed by atoms with Gasteiger partial charge in [-0.1, -0.05) is 12.1 Å². The van der Waals surface area contributed by atoms with Crippen LogP contribution in [-0.2, 0) is 23.7 Å². The summed E-state index contributed by atoms with van der Waals surface area (Å²) < 4.78 is 81.1. The standard InChI is InChI=1S/C28H26F6N4O4S/c1-15(38(24(40)41)26(2,3)4)13-36-23(39)22(43-25(36)42)10-16-5-8-21-18(9-16)12-35-37(21)14-17-6-7-19(27(29,30)31)11-20(17)28(32,33)34/h5-12,15H,13-14H2,1-4H3,(H,40,41)/t15-/m0/s1. The van der Waals surface area contributed by atoms with Crippen molar-refractivity contribution in [1.29, 1.82) is 0 Å². The molecule has 0 aliphatic carbocycles. The maximum atomic E-state index is 13.6.